The summed E-state index contributed by atoms with van der Waals surface area (Å²) in [7, 11) is 0. The highest BCUT2D eigenvalue weighted by atomic mass is 19.1. The van der Waals surface area contributed by atoms with Crippen LogP contribution in [0.15, 0.2) is 42.6 Å². The molecule has 21 heavy (non-hydrogen) atoms. The second-order valence-electron chi connectivity index (χ2n) is 5.05. The maximum Gasteiger partial charge on any atom is 0.274 e. The van der Waals surface area contributed by atoms with Gasteiger partial charge in [0.05, 0.1) is 6.20 Å². The summed E-state index contributed by atoms with van der Waals surface area (Å²) in [4.78, 5) is 15.7. The Morgan fingerprint density at radius 2 is 1.90 bits per heavy atom. The minimum Gasteiger partial charge on any atom is -0.321 e. The Morgan fingerprint density at radius 3 is 2.48 bits per heavy atom. The fourth-order valence-electron chi connectivity index (χ4n) is 1.73. The number of anilines is 1. The zero-order valence-electron chi connectivity index (χ0n) is 12.1. The fourth-order valence-corrected chi connectivity index (χ4v) is 1.73. The number of carbonyl (C=O) groups excluding carboxylic acids is 1. The van der Waals surface area contributed by atoms with Gasteiger partial charge in [-0.1, -0.05) is 26.0 Å². The van der Waals surface area contributed by atoms with E-state index in [2.05, 4.69) is 29.5 Å². The Kier molecular flexibility index (Phi) is 5.00. The van der Waals surface area contributed by atoms with E-state index in [0.29, 0.717) is 11.7 Å². The fraction of sp³-hybridized carbons (Fsp3) is 0.250. The highest BCUT2D eigenvalue weighted by Gasteiger charge is 2.07. The van der Waals surface area contributed by atoms with Crippen molar-refractivity contribution < 1.29 is 9.18 Å². The monoisotopic (exact) mass is 287 g/mol. The minimum atomic E-state index is -0.464. The van der Waals surface area contributed by atoms with E-state index in [-0.39, 0.29) is 11.6 Å². The van der Waals surface area contributed by atoms with Crippen molar-refractivity contribution in [1.29, 1.82) is 0 Å². The normalized spacial score (nSPS) is 10.7. The summed E-state index contributed by atoms with van der Waals surface area (Å²) in [5, 5.41) is 6.05. The Hall–Kier alpha value is -2.27. The van der Waals surface area contributed by atoms with E-state index in [4.69, 9.17) is 0 Å². The summed E-state index contributed by atoms with van der Waals surface area (Å²) >= 11 is 0. The van der Waals surface area contributed by atoms with Gasteiger partial charge in [0.15, 0.2) is 0 Å². The molecule has 2 aromatic rings. The molecule has 0 spiro atoms. The van der Waals surface area contributed by atoms with E-state index in [1.54, 1.807) is 0 Å². The highest BCUT2D eigenvalue weighted by molar-refractivity contribution is 6.02. The molecule has 1 heterocycles. The first-order chi connectivity index (χ1) is 10.0. The Morgan fingerprint density at radius 1 is 1.19 bits per heavy atom. The molecule has 0 atom stereocenters. The highest BCUT2D eigenvalue weighted by Crippen LogP contribution is 2.11. The second kappa shape index (κ2) is 6.95. The van der Waals surface area contributed by atoms with E-state index in [0.717, 1.165) is 18.3 Å². The number of rotatable bonds is 5. The van der Waals surface area contributed by atoms with Gasteiger partial charge in [-0.2, -0.15) is 0 Å². The predicted molar refractivity (Wildman–Crippen MR) is 80.6 cm³/mol. The smallest absolute Gasteiger partial charge is 0.274 e. The van der Waals surface area contributed by atoms with Crippen LogP contribution >= 0.6 is 0 Å². The van der Waals surface area contributed by atoms with Crippen molar-refractivity contribution in [2.75, 3.05) is 5.32 Å². The van der Waals surface area contributed by atoms with Crippen molar-refractivity contribution in [2.45, 2.75) is 26.4 Å². The van der Waals surface area contributed by atoms with Gasteiger partial charge in [0, 0.05) is 18.3 Å². The van der Waals surface area contributed by atoms with Crippen LogP contribution in [0, 0.1) is 5.82 Å². The maximum absolute atomic E-state index is 12.8. The molecule has 4 nitrogen and oxygen atoms in total. The molecule has 0 fully saturated rings. The first-order valence-corrected chi connectivity index (χ1v) is 6.80. The van der Waals surface area contributed by atoms with Gasteiger partial charge in [-0.25, -0.2) is 9.37 Å². The molecular formula is C16H18FN3O. The summed E-state index contributed by atoms with van der Waals surface area (Å²) in [6, 6.07) is 10.5. The third-order valence-electron chi connectivity index (χ3n) is 2.89. The maximum atomic E-state index is 12.8. The van der Waals surface area contributed by atoms with Gasteiger partial charge < -0.3 is 10.6 Å². The lowest BCUT2D eigenvalue weighted by atomic mass is 10.2. The molecule has 0 radical (unpaired) electrons. The van der Waals surface area contributed by atoms with Crippen LogP contribution in [0.1, 0.15) is 29.9 Å². The van der Waals surface area contributed by atoms with Gasteiger partial charge in [-0.15, -0.1) is 0 Å². The molecule has 0 aliphatic rings. The molecular weight excluding hydrogens is 269 g/mol. The Bertz CT molecular complexity index is 594. The van der Waals surface area contributed by atoms with Crippen LogP contribution in [0.2, 0.25) is 0 Å². The summed E-state index contributed by atoms with van der Waals surface area (Å²) in [5.41, 5.74) is 2.00. The molecule has 1 aromatic carbocycles. The van der Waals surface area contributed by atoms with Gasteiger partial charge in [-0.05, 0) is 29.8 Å². The van der Waals surface area contributed by atoms with Crippen molar-refractivity contribution in [3.8, 4) is 0 Å². The number of carbonyl (C=O) groups is 1. The third kappa shape index (κ3) is 4.65. The molecule has 0 aliphatic heterocycles. The quantitative estimate of drug-likeness (QED) is 0.889. The van der Waals surface area contributed by atoms with E-state index in [9.17, 15) is 9.18 Å². The van der Waals surface area contributed by atoms with Crippen molar-refractivity contribution in [3.63, 3.8) is 0 Å². The largest absolute Gasteiger partial charge is 0.321 e. The number of halogens is 1. The van der Waals surface area contributed by atoms with Crippen molar-refractivity contribution in [3.05, 3.63) is 59.7 Å². The number of nitrogens with zero attached hydrogens (tertiary/aromatic N) is 1. The van der Waals surface area contributed by atoms with Gasteiger partial charge in [0.1, 0.15) is 11.5 Å². The van der Waals surface area contributed by atoms with Crippen molar-refractivity contribution in [2.24, 2.45) is 0 Å². The number of aromatic nitrogens is 1. The average Bonchev–Trinajstić information content (AvgIpc) is 2.47. The third-order valence-corrected chi connectivity index (χ3v) is 2.89. The molecule has 5 heteroatoms. The second-order valence-corrected chi connectivity index (χ2v) is 5.05. The first kappa shape index (κ1) is 15.1. The van der Waals surface area contributed by atoms with Gasteiger partial charge in [0.25, 0.3) is 5.91 Å². The Labute approximate surface area is 123 Å². The number of benzene rings is 1. The zero-order chi connectivity index (χ0) is 15.2. The topological polar surface area (TPSA) is 54.0 Å². The lowest BCUT2D eigenvalue weighted by Gasteiger charge is -2.09. The van der Waals surface area contributed by atoms with Crippen LogP contribution in [-0.2, 0) is 6.54 Å². The van der Waals surface area contributed by atoms with Crippen molar-refractivity contribution in [1.82, 2.24) is 10.3 Å². The molecule has 1 amide bonds. The van der Waals surface area contributed by atoms with E-state index < -0.39 is 5.82 Å². The molecule has 0 saturated heterocycles. The molecule has 2 N–H and O–H groups in total. The number of nitrogens with one attached hydrogen (secondary N) is 2. The minimum absolute atomic E-state index is 0.182. The van der Waals surface area contributed by atoms with Crippen molar-refractivity contribution >= 4 is 11.6 Å². The number of amides is 1. The average molecular weight is 287 g/mol. The first-order valence-electron chi connectivity index (χ1n) is 6.80. The van der Waals surface area contributed by atoms with Crippen LogP contribution < -0.4 is 10.6 Å². The summed E-state index contributed by atoms with van der Waals surface area (Å²) in [6.45, 7) is 4.96. The van der Waals surface area contributed by atoms with Crippen LogP contribution in [-0.4, -0.2) is 16.9 Å². The zero-order valence-corrected chi connectivity index (χ0v) is 12.1. The lowest BCUT2D eigenvalue weighted by molar-refractivity contribution is 0.102. The predicted octanol–water partition coefficient (Wildman–Crippen LogP) is 2.97. The SMILES string of the molecule is CC(C)NCc1ccc(NC(=O)c2ccc(F)cn2)cc1. The molecule has 0 unspecified atom stereocenters. The van der Waals surface area contributed by atoms with Crippen LogP contribution in [0.4, 0.5) is 10.1 Å². The number of pyridine rings is 1. The van der Waals surface area contributed by atoms with E-state index in [1.807, 2.05) is 24.3 Å². The molecule has 0 bridgehead atoms. The summed E-state index contributed by atoms with van der Waals surface area (Å²) < 4.78 is 12.8. The summed E-state index contributed by atoms with van der Waals surface area (Å²) in [6.07, 6.45) is 1.02. The molecule has 2 rings (SSSR count). The van der Waals surface area contributed by atoms with Gasteiger partial charge >= 0.3 is 0 Å². The number of hydrogen-bond acceptors (Lipinski definition) is 3. The molecule has 110 valence electrons. The Balaban J connectivity index is 1.96. The van der Waals surface area contributed by atoms with Crippen LogP contribution in [0.3, 0.4) is 0 Å². The molecule has 0 saturated carbocycles. The van der Waals surface area contributed by atoms with Crippen LogP contribution in [0.5, 0.6) is 0 Å². The standard InChI is InChI=1S/C16H18FN3O/c1-11(2)18-9-12-3-6-14(7-4-12)20-16(21)15-8-5-13(17)10-19-15/h3-8,10-11,18H,9H2,1-2H3,(H,20,21). The number of hydrogen-bond donors (Lipinski definition) is 2. The molecule has 1 aromatic heterocycles. The lowest BCUT2D eigenvalue weighted by Crippen LogP contribution is -2.21. The van der Waals surface area contributed by atoms with E-state index >= 15 is 0 Å². The van der Waals surface area contributed by atoms with Gasteiger partial charge in [-0.3, -0.25) is 4.79 Å². The van der Waals surface area contributed by atoms with E-state index in [1.165, 1.54) is 12.1 Å². The summed E-state index contributed by atoms with van der Waals surface area (Å²) in [5.74, 6) is -0.823. The molecule has 0 aliphatic carbocycles. The van der Waals surface area contributed by atoms with Gasteiger partial charge in [0.2, 0.25) is 0 Å². The van der Waals surface area contributed by atoms with Crippen LogP contribution in [0.25, 0.3) is 0 Å².